The summed E-state index contributed by atoms with van der Waals surface area (Å²) in [6.45, 7) is 2.85. The zero-order valence-corrected chi connectivity index (χ0v) is 11.9. The predicted molar refractivity (Wildman–Crippen MR) is 80.7 cm³/mol. The van der Waals surface area contributed by atoms with Crippen LogP contribution in [0, 0.1) is 18.8 Å². The second-order valence-corrected chi connectivity index (χ2v) is 5.16. The molecule has 4 heteroatoms. The van der Waals surface area contributed by atoms with Gasteiger partial charge in [0.1, 0.15) is 6.33 Å². The van der Waals surface area contributed by atoms with Crippen molar-refractivity contribution in [1.29, 1.82) is 0 Å². The largest absolute Gasteiger partial charge is 0.299 e. The number of nitrogens with zero attached hydrogens (tertiary/aromatic N) is 4. The molecule has 0 unspecified atom stereocenters. The maximum Gasteiger partial charge on any atom is 0.161 e. The highest BCUT2D eigenvalue weighted by atomic mass is 15.2. The molecule has 0 saturated heterocycles. The molecule has 20 heavy (non-hydrogen) atoms. The Morgan fingerprint density at radius 3 is 2.90 bits per heavy atom. The van der Waals surface area contributed by atoms with Crippen LogP contribution in [-0.2, 0) is 0 Å². The van der Waals surface area contributed by atoms with Gasteiger partial charge in [-0.15, -0.1) is 10.2 Å². The van der Waals surface area contributed by atoms with E-state index in [0.29, 0.717) is 0 Å². The van der Waals surface area contributed by atoms with Crippen LogP contribution in [0.25, 0.3) is 16.6 Å². The molecule has 100 valence electrons. The first-order chi connectivity index (χ1) is 9.65. The van der Waals surface area contributed by atoms with E-state index in [-0.39, 0.29) is 0 Å². The van der Waals surface area contributed by atoms with Crippen LogP contribution in [0.3, 0.4) is 0 Å². The Hall–Kier alpha value is -2.38. The molecule has 0 atom stereocenters. The molecule has 3 aromatic rings. The fraction of sp³-hybridized carbons (Fsp3) is 0.250. The molecule has 0 bridgehead atoms. The van der Waals surface area contributed by atoms with E-state index in [4.69, 9.17) is 0 Å². The summed E-state index contributed by atoms with van der Waals surface area (Å²) >= 11 is 0. The lowest BCUT2D eigenvalue weighted by Gasteiger charge is -2.05. The molecule has 0 fully saturated rings. The third kappa shape index (κ3) is 2.24. The van der Waals surface area contributed by atoms with Crippen molar-refractivity contribution in [2.75, 3.05) is 20.6 Å². The summed E-state index contributed by atoms with van der Waals surface area (Å²) in [6.07, 6.45) is 1.74. The molecule has 2 aromatic heterocycles. The van der Waals surface area contributed by atoms with E-state index >= 15 is 0 Å². The van der Waals surface area contributed by atoms with E-state index in [1.807, 2.05) is 24.6 Å². The van der Waals surface area contributed by atoms with Gasteiger partial charge in [-0.25, -0.2) is 0 Å². The molecule has 0 spiro atoms. The van der Waals surface area contributed by atoms with E-state index in [2.05, 4.69) is 52.1 Å². The summed E-state index contributed by atoms with van der Waals surface area (Å²) in [5, 5.41) is 9.30. The second-order valence-electron chi connectivity index (χ2n) is 5.16. The molecule has 0 aliphatic heterocycles. The van der Waals surface area contributed by atoms with Crippen molar-refractivity contribution in [3.63, 3.8) is 0 Å². The van der Waals surface area contributed by atoms with Crippen LogP contribution in [0.1, 0.15) is 11.1 Å². The van der Waals surface area contributed by atoms with Crippen molar-refractivity contribution >= 4 is 16.6 Å². The van der Waals surface area contributed by atoms with E-state index in [0.717, 1.165) is 23.3 Å². The third-order valence-corrected chi connectivity index (χ3v) is 3.23. The van der Waals surface area contributed by atoms with Gasteiger partial charge < -0.3 is 0 Å². The van der Waals surface area contributed by atoms with Crippen LogP contribution in [0.15, 0.2) is 30.6 Å². The molecule has 1 aromatic carbocycles. The number of hydrogen-bond acceptors (Lipinski definition) is 3. The van der Waals surface area contributed by atoms with Gasteiger partial charge in [0.2, 0.25) is 0 Å². The quantitative estimate of drug-likeness (QED) is 0.631. The normalized spacial score (nSPS) is 11.0. The highest BCUT2D eigenvalue weighted by molar-refractivity contribution is 5.86. The van der Waals surface area contributed by atoms with Gasteiger partial charge in [0, 0.05) is 10.9 Å². The summed E-state index contributed by atoms with van der Waals surface area (Å²) in [6, 6.07) is 8.33. The summed E-state index contributed by atoms with van der Waals surface area (Å²) in [4.78, 5) is 2.05. The van der Waals surface area contributed by atoms with E-state index < -0.39 is 0 Å². The molecule has 0 saturated carbocycles. The molecular formula is C16H16N4. The Balaban J connectivity index is 2.15. The molecule has 0 amide bonds. The Morgan fingerprint density at radius 2 is 2.10 bits per heavy atom. The Kier molecular flexibility index (Phi) is 3.13. The van der Waals surface area contributed by atoms with Gasteiger partial charge in [0.15, 0.2) is 5.65 Å². The van der Waals surface area contributed by atoms with Crippen LogP contribution in [0.2, 0.25) is 0 Å². The van der Waals surface area contributed by atoms with Crippen molar-refractivity contribution in [3.8, 4) is 11.8 Å². The van der Waals surface area contributed by atoms with Crippen molar-refractivity contribution < 1.29 is 0 Å². The molecule has 3 rings (SSSR count). The fourth-order valence-electron chi connectivity index (χ4n) is 2.24. The summed E-state index contributed by atoms with van der Waals surface area (Å²) in [5.74, 6) is 6.36. The van der Waals surface area contributed by atoms with E-state index in [1.54, 1.807) is 6.33 Å². The molecule has 2 heterocycles. The monoisotopic (exact) mass is 264 g/mol. The molecule has 4 nitrogen and oxygen atoms in total. The van der Waals surface area contributed by atoms with Gasteiger partial charge in [0.05, 0.1) is 12.1 Å². The van der Waals surface area contributed by atoms with Crippen LogP contribution in [0.5, 0.6) is 0 Å². The molecule has 0 radical (unpaired) electrons. The molecule has 0 aliphatic rings. The minimum Gasteiger partial charge on any atom is -0.299 e. The van der Waals surface area contributed by atoms with Gasteiger partial charge in [-0.05, 0) is 44.8 Å². The number of hydrogen-bond donors (Lipinski definition) is 0. The Bertz CT molecular complexity index is 834. The SMILES string of the molecule is Cc1cc2nncn2c2cc(C#CCN(C)C)ccc12. The minimum absolute atomic E-state index is 0.758. The zero-order valence-electron chi connectivity index (χ0n) is 11.9. The van der Waals surface area contributed by atoms with Crippen molar-refractivity contribution in [2.45, 2.75) is 6.92 Å². The third-order valence-electron chi connectivity index (χ3n) is 3.23. The number of benzene rings is 1. The van der Waals surface area contributed by atoms with Crippen molar-refractivity contribution in [3.05, 3.63) is 41.7 Å². The first-order valence-electron chi connectivity index (χ1n) is 6.52. The van der Waals surface area contributed by atoms with Gasteiger partial charge in [-0.2, -0.15) is 0 Å². The van der Waals surface area contributed by atoms with Gasteiger partial charge in [0.25, 0.3) is 0 Å². The average molecular weight is 264 g/mol. The summed E-state index contributed by atoms with van der Waals surface area (Å²) in [5.41, 5.74) is 4.18. The number of fused-ring (bicyclic) bond motifs is 3. The Morgan fingerprint density at radius 1 is 1.25 bits per heavy atom. The average Bonchev–Trinajstić information content (AvgIpc) is 2.86. The van der Waals surface area contributed by atoms with Gasteiger partial charge >= 0.3 is 0 Å². The highest BCUT2D eigenvalue weighted by Gasteiger charge is 2.05. The molecule has 0 N–H and O–H groups in total. The first kappa shape index (κ1) is 12.6. The van der Waals surface area contributed by atoms with Crippen LogP contribution in [-0.4, -0.2) is 40.1 Å². The lowest BCUT2D eigenvalue weighted by Crippen LogP contribution is -2.10. The van der Waals surface area contributed by atoms with Crippen molar-refractivity contribution in [2.24, 2.45) is 0 Å². The smallest absolute Gasteiger partial charge is 0.161 e. The van der Waals surface area contributed by atoms with Gasteiger partial charge in [-0.3, -0.25) is 9.30 Å². The summed E-state index contributed by atoms with van der Waals surface area (Å²) in [7, 11) is 4.03. The first-order valence-corrected chi connectivity index (χ1v) is 6.52. The lowest BCUT2D eigenvalue weighted by molar-refractivity contribution is 0.464. The maximum atomic E-state index is 4.11. The second kappa shape index (κ2) is 4.95. The maximum absolute atomic E-state index is 4.11. The number of rotatable bonds is 1. The van der Waals surface area contributed by atoms with Crippen LogP contribution in [0.4, 0.5) is 0 Å². The van der Waals surface area contributed by atoms with E-state index in [9.17, 15) is 0 Å². The van der Waals surface area contributed by atoms with Crippen LogP contribution < -0.4 is 0 Å². The number of pyridine rings is 1. The topological polar surface area (TPSA) is 33.4 Å². The van der Waals surface area contributed by atoms with Gasteiger partial charge in [-0.1, -0.05) is 17.9 Å². The predicted octanol–water partition coefficient (Wildman–Crippen LogP) is 2.10. The standard InChI is InChI=1S/C16H16N4/c1-12-9-16-18-17-11-20(16)15-10-13(6-7-14(12)15)5-4-8-19(2)3/h6-7,9-11H,8H2,1-3H3. The number of aryl methyl sites for hydroxylation is 1. The number of aromatic nitrogens is 3. The fourth-order valence-corrected chi connectivity index (χ4v) is 2.24. The summed E-state index contributed by atoms with van der Waals surface area (Å²) < 4.78 is 2.00. The zero-order chi connectivity index (χ0) is 14.1. The molecular weight excluding hydrogens is 248 g/mol. The van der Waals surface area contributed by atoms with Crippen LogP contribution >= 0.6 is 0 Å². The van der Waals surface area contributed by atoms with E-state index in [1.165, 1.54) is 10.9 Å². The minimum atomic E-state index is 0.758. The van der Waals surface area contributed by atoms with Crippen molar-refractivity contribution in [1.82, 2.24) is 19.5 Å². The highest BCUT2D eigenvalue weighted by Crippen LogP contribution is 2.21. The lowest BCUT2D eigenvalue weighted by atomic mass is 10.1. The Labute approximate surface area is 118 Å². The molecule has 0 aliphatic carbocycles.